The average Bonchev–Trinajstić information content (AvgIpc) is 2.86. The van der Waals surface area contributed by atoms with Crippen LogP contribution in [0.2, 0.25) is 5.02 Å². The topological polar surface area (TPSA) is 68.5 Å². The first kappa shape index (κ1) is 15.6. The highest BCUT2D eigenvalue weighted by Gasteiger charge is 2.21. The number of esters is 1. The van der Waals surface area contributed by atoms with Gasteiger partial charge in [-0.05, 0) is 37.3 Å². The lowest BCUT2D eigenvalue weighted by molar-refractivity contribution is 0.0529. The van der Waals surface area contributed by atoms with E-state index in [9.17, 15) is 14.7 Å². The van der Waals surface area contributed by atoms with Crippen molar-refractivity contribution in [3.8, 4) is 11.4 Å². The number of ether oxygens (including phenoxy) is 1. The number of hydrogen-bond donors (Lipinski definition) is 1. The van der Waals surface area contributed by atoms with Crippen LogP contribution in [0.4, 0.5) is 0 Å². The van der Waals surface area contributed by atoms with Crippen molar-refractivity contribution in [2.24, 2.45) is 0 Å². The molecule has 0 unspecified atom stereocenters. The van der Waals surface area contributed by atoms with Gasteiger partial charge in [-0.3, -0.25) is 9.36 Å². The van der Waals surface area contributed by atoms with Crippen LogP contribution in [0.3, 0.4) is 0 Å². The second kappa shape index (κ2) is 6.06. The molecule has 7 heteroatoms. The van der Waals surface area contributed by atoms with Crippen molar-refractivity contribution in [1.82, 2.24) is 4.57 Å². The van der Waals surface area contributed by atoms with E-state index in [-0.39, 0.29) is 22.8 Å². The number of rotatable bonds is 3. The van der Waals surface area contributed by atoms with E-state index in [0.717, 1.165) is 11.3 Å². The zero-order valence-electron chi connectivity index (χ0n) is 12.1. The molecule has 0 bridgehead atoms. The van der Waals surface area contributed by atoms with Gasteiger partial charge < -0.3 is 9.84 Å². The Morgan fingerprint density at radius 3 is 2.61 bits per heavy atom. The fraction of sp³-hybridized carbons (Fsp3) is 0.125. The molecule has 0 aliphatic rings. The summed E-state index contributed by atoms with van der Waals surface area (Å²) >= 11 is 6.89. The fourth-order valence-electron chi connectivity index (χ4n) is 2.24. The molecule has 0 saturated heterocycles. The lowest BCUT2D eigenvalue weighted by Crippen LogP contribution is -2.16. The molecule has 3 aromatic rings. The van der Waals surface area contributed by atoms with Crippen LogP contribution >= 0.6 is 22.9 Å². The van der Waals surface area contributed by atoms with Gasteiger partial charge in [0, 0.05) is 11.1 Å². The van der Waals surface area contributed by atoms with Crippen molar-refractivity contribution in [3.05, 3.63) is 56.7 Å². The maximum atomic E-state index is 12.3. The standard InChI is InChI=1S/C16H12ClNO4S/c1-2-22-16(21)14-13(20)11-7-8-12(19)18(15(11)23-14)10-5-3-9(17)4-6-10/h3-8,20H,2H2,1H3. The van der Waals surface area contributed by atoms with Crippen molar-refractivity contribution in [3.63, 3.8) is 0 Å². The highest BCUT2D eigenvalue weighted by molar-refractivity contribution is 7.20. The zero-order valence-corrected chi connectivity index (χ0v) is 13.6. The number of benzene rings is 1. The van der Waals surface area contributed by atoms with E-state index in [1.807, 2.05) is 0 Å². The Bertz CT molecular complexity index is 943. The van der Waals surface area contributed by atoms with Gasteiger partial charge in [-0.1, -0.05) is 11.6 Å². The van der Waals surface area contributed by atoms with Crippen molar-refractivity contribution >= 4 is 39.1 Å². The Labute approximate surface area is 140 Å². The number of thiophene rings is 1. The molecule has 0 radical (unpaired) electrons. The van der Waals surface area contributed by atoms with Crippen molar-refractivity contribution in [2.75, 3.05) is 6.61 Å². The lowest BCUT2D eigenvalue weighted by atomic mass is 10.2. The van der Waals surface area contributed by atoms with Crippen LogP contribution in [0.15, 0.2) is 41.2 Å². The van der Waals surface area contributed by atoms with E-state index in [2.05, 4.69) is 0 Å². The Balaban J connectivity index is 2.28. The summed E-state index contributed by atoms with van der Waals surface area (Å²) in [6, 6.07) is 9.58. The van der Waals surface area contributed by atoms with Gasteiger partial charge in [-0.2, -0.15) is 0 Å². The quantitative estimate of drug-likeness (QED) is 0.734. The first-order valence-electron chi connectivity index (χ1n) is 6.83. The largest absolute Gasteiger partial charge is 0.505 e. The summed E-state index contributed by atoms with van der Waals surface area (Å²) in [5.41, 5.74) is 0.332. The maximum absolute atomic E-state index is 12.3. The van der Waals surface area contributed by atoms with Crippen molar-refractivity contribution in [1.29, 1.82) is 0 Å². The number of carbonyl (C=O) groups is 1. The zero-order chi connectivity index (χ0) is 16.6. The highest BCUT2D eigenvalue weighted by atomic mass is 35.5. The molecule has 0 atom stereocenters. The van der Waals surface area contributed by atoms with Gasteiger partial charge in [-0.25, -0.2) is 4.79 Å². The van der Waals surface area contributed by atoms with E-state index in [0.29, 0.717) is 20.9 Å². The minimum Gasteiger partial charge on any atom is -0.505 e. The number of fused-ring (bicyclic) bond motifs is 1. The van der Waals surface area contributed by atoms with E-state index in [1.54, 1.807) is 31.2 Å². The third kappa shape index (κ3) is 2.71. The summed E-state index contributed by atoms with van der Waals surface area (Å²) in [6.45, 7) is 1.89. The Morgan fingerprint density at radius 2 is 1.96 bits per heavy atom. The first-order chi connectivity index (χ1) is 11.0. The predicted molar refractivity (Wildman–Crippen MR) is 90.1 cm³/mol. The molecule has 0 aliphatic heterocycles. The molecule has 0 fully saturated rings. The second-order valence-electron chi connectivity index (χ2n) is 4.70. The molecule has 3 rings (SSSR count). The van der Waals surface area contributed by atoms with Crippen LogP contribution in [0, 0.1) is 0 Å². The van der Waals surface area contributed by atoms with Gasteiger partial charge in [0.2, 0.25) is 0 Å². The van der Waals surface area contributed by atoms with E-state index < -0.39 is 5.97 Å². The molecule has 0 saturated carbocycles. The molecule has 23 heavy (non-hydrogen) atoms. The van der Waals surface area contributed by atoms with E-state index in [4.69, 9.17) is 16.3 Å². The van der Waals surface area contributed by atoms with Crippen LogP contribution in [-0.2, 0) is 4.74 Å². The summed E-state index contributed by atoms with van der Waals surface area (Å²) < 4.78 is 6.37. The average molecular weight is 350 g/mol. The van der Waals surface area contributed by atoms with E-state index in [1.165, 1.54) is 16.7 Å². The number of carbonyl (C=O) groups excluding carboxylic acids is 1. The number of pyridine rings is 1. The summed E-state index contributed by atoms with van der Waals surface area (Å²) in [7, 11) is 0. The molecular formula is C16H12ClNO4S. The third-order valence-corrected chi connectivity index (χ3v) is 4.67. The molecule has 118 valence electrons. The summed E-state index contributed by atoms with van der Waals surface area (Å²) in [4.78, 5) is 24.8. The summed E-state index contributed by atoms with van der Waals surface area (Å²) in [6.07, 6.45) is 0. The number of hydrogen-bond acceptors (Lipinski definition) is 5. The van der Waals surface area contributed by atoms with Gasteiger partial charge in [0.05, 0.1) is 17.7 Å². The molecule has 1 N–H and O–H groups in total. The minimum absolute atomic E-state index is 0.0789. The maximum Gasteiger partial charge on any atom is 0.352 e. The van der Waals surface area contributed by atoms with Crippen LogP contribution in [-0.4, -0.2) is 22.2 Å². The van der Waals surface area contributed by atoms with Crippen LogP contribution in [0.25, 0.3) is 15.9 Å². The number of aromatic hydroxyl groups is 1. The van der Waals surface area contributed by atoms with Crippen LogP contribution in [0.1, 0.15) is 16.6 Å². The monoisotopic (exact) mass is 349 g/mol. The molecule has 5 nitrogen and oxygen atoms in total. The molecule has 1 aromatic carbocycles. The molecule has 2 heterocycles. The van der Waals surface area contributed by atoms with E-state index >= 15 is 0 Å². The fourth-order valence-corrected chi connectivity index (χ4v) is 3.47. The van der Waals surface area contributed by atoms with Gasteiger partial charge in [-0.15, -0.1) is 11.3 Å². The summed E-state index contributed by atoms with van der Waals surface area (Å²) in [5.74, 6) is -0.785. The highest BCUT2D eigenvalue weighted by Crippen LogP contribution is 2.37. The second-order valence-corrected chi connectivity index (χ2v) is 6.14. The summed E-state index contributed by atoms with van der Waals surface area (Å²) in [5, 5.41) is 11.2. The predicted octanol–water partition coefficient (Wildman–Crippen LogP) is 3.59. The molecule has 0 spiro atoms. The van der Waals surface area contributed by atoms with Crippen LogP contribution < -0.4 is 5.56 Å². The Hall–Kier alpha value is -2.31. The van der Waals surface area contributed by atoms with Crippen molar-refractivity contribution < 1.29 is 14.6 Å². The van der Waals surface area contributed by atoms with Gasteiger partial charge in [0.25, 0.3) is 5.56 Å². The normalized spacial score (nSPS) is 10.9. The Kier molecular flexibility index (Phi) is 4.11. The SMILES string of the molecule is CCOC(=O)c1sc2c(ccc(=O)n2-c2ccc(Cl)cc2)c1O. The molecule has 0 aliphatic carbocycles. The van der Waals surface area contributed by atoms with Gasteiger partial charge in [0.1, 0.15) is 10.6 Å². The Morgan fingerprint density at radius 1 is 1.26 bits per heavy atom. The van der Waals surface area contributed by atoms with Gasteiger partial charge >= 0.3 is 5.97 Å². The number of halogens is 1. The molecule has 0 amide bonds. The number of aromatic nitrogens is 1. The third-order valence-electron chi connectivity index (χ3n) is 3.26. The molecular weight excluding hydrogens is 338 g/mol. The minimum atomic E-state index is -0.610. The smallest absolute Gasteiger partial charge is 0.352 e. The lowest BCUT2D eigenvalue weighted by Gasteiger charge is -2.06. The van der Waals surface area contributed by atoms with Crippen LogP contribution in [0.5, 0.6) is 5.75 Å². The number of nitrogens with zero attached hydrogens (tertiary/aromatic N) is 1. The van der Waals surface area contributed by atoms with Crippen molar-refractivity contribution in [2.45, 2.75) is 6.92 Å². The molecule has 2 aromatic heterocycles. The van der Waals surface area contributed by atoms with Gasteiger partial charge in [0.15, 0.2) is 4.88 Å². The first-order valence-corrected chi connectivity index (χ1v) is 8.03.